The molecule has 0 radical (unpaired) electrons. The van der Waals surface area contributed by atoms with Crippen LogP contribution in [0.3, 0.4) is 0 Å². The fourth-order valence-corrected chi connectivity index (χ4v) is 2.72. The maximum atomic E-state index is 12.3. The van der Waals surface area contributed by atoms with E-state index in [9.17, 15) is 8.42 Å². The van der Waals surface area contributed by atoms with Gasteiger partial charge in [-0.25, -0.2) is 8.42 Å². The Labute approximate surface area is 112 Å². The average molecular weight is 277 g/mol. The van der Waals surface area contributed by atoms with Gasteiger partial charge in [0, 0.05) is 6.54 Å². The third-order valence-electron chi connectivity index (χ3n) is 2.69. The van der Waals surface area contributed by atoms with Crippen LogP contribution in [-0.4, -0.2) is 23.4 Å². The van der Waals surface area contributed by atoms with Crippen LogP contribution >= 0.6 is 0 Å². The smallest absolute Gasteiger partial charge is 0.227 e. The first-order valence-corrected chi connectivity index (χ1v) is 7.35. The molecule has 2 aromatic rings. The van der Waals surface area contributed by atoms with Crippen LogP contribution in [0.25, 0.3) is 0 Å². The van der Waals surface area contributed by atoms with Crippen molar-refractivity contribution in [3.05, 3.63) is 48.7 Å². The fraction of sp³-hybridized carbons (Fsp3) is 0.231. The summed E-state index contributed by atoms with van der Waals surface area (Å²) in [5.74, 6) is 0. The van der Waals surface area contributed by atoms with E-state index in [2.05, 4.69) is 16.9 Å². The summed E-state index contributed by atoms with van der Waals surface area (Å²) in [7, 11) is -3.58. The van der Waals surface area contributed by atoms with Gasteiger partial charge in [-0.2, -0.15) is 0 Å². The van der Waals surface area contributed by atoms with E-state index in [1.54, 1.807) is 30.3 Å². The van der Waals surface area contributed by atoms with Gasteiger partial charge in [-0.3, -0.25) is 4.68 Å². The lowest BCUT2D eigenvalue weighted by atomic mass is 10.2. The van der Waals surface area contributed by atoms with E-state index in [0.717, 1.165) is 5.56 Å². The van der Waals surface area contributed by atoms with Crippen molar-refractivity contribution in [2.24, 2.45) is 0 Å². The molecule has 5 nitrogen and oxygen atoms in total. The van der Waals surface area contributed by atoms with Crippen LogP contribution in [0.5, 0.6) is 0 Å². The summed E-state index contributed by atoms with van der Waals surface area (Å²) in [4.78, 5) is 0.230. The summed E-state index contributed by atoms with van der Waals surface area (Å²) < 4.78 is 26.1. The van der Waals surface area contributed by atoms with E-state index < -0.39 is 9.84 Å². The third-order valence-corrected chi connectivity index (χ3v) is 4.32. The molecular weight excluding hydrogens is 262 g/mol. The number of nitrogens with zero attached hydrogens (tertiary/aromatic N) is 3. The van der Waals surface area contributed by atoms with Crippen molar-refractivity contribution in [2.45, 2.75) is 29.8 Å². The first-order valence-electron chi connectivity index (χ1n) is 5.87. The normalized spacial score (nSPS) is 11.4. The van der Waals surface area contributed by atoms with Crippen molar-refractivity contribution in [3.63, 3.8) is 0 Å². The maximum absolute atomic E-state index is 12.3. The highest BCUT2D eigenvalue weighted by Crippen LogP contribution is 2.18. The van der Waals surface area contributed by atoms with E-state index in [1.165, 1.54) is 10.9 Å². The van der Waals surface area contributed by atoms with Gasteiger partial charge in [0.05, 0.1) is 11.1 Å². The Hall–Kier alpha value is -1.95. The molecule has 6 heteroatoms. The van der Waals surface area contributed by atoms with Gasteiger partial charge in [-0.15, -0.1) is 11.7 Å². The SMILES string of the molecule is C=CCCn1cc(S(=O)(=O)c2ccc(C)cc2)nn1. The van der Waals surface area contributed by atoms with Gasteiger partial charge in [0.25, 0.3) is 0 Å². The second kappa shape index (κ2) is 5.36. The summed E-state index contributed by atoms with van der Waals surface area (Å²) >= 11 is 0. The Balaban J connectivity index is 2.31. The lowest BCUT2D eigenvalue weighted by Gasteiger charge is -2.00. The van der Waals surface area contributed by atoms with E-state index in [0.29, 0.717) is 13.0 Å². The summed E-state index contributed by atoms with van der Waals surface area (Å²) in [5.41, 5.74) is 1.01. The van der Waals surface area contributed by atoms with Crippen molar-refractivity contribution < 1.29 is 8.42 Å². The largest absolute Gasteiger partial charge is 0.251 e. The molecule has 1 aromatic carbocycles. The summed E-state index contributed by atoms with van der Waals surface area (Å²) in [5, 5.41) is 7.51. The Morgan fingerprint density at radius 1 is 1.32 bits per heavy atom. The van der Waals surface area contributed by atoms with E-state index in [-0.39, 0.29) is 9.92 Å². The third kappa shape index (κ3) is 2.90. The minimum absolute atomic E-state index is 0.0274. The van der Waals surface area contributed by atoms with E-state index in [1.807, 2.05) is 6.92 Å². The van der Waals surface area contributed by atoms with Crippen molar-refractivity contribution >= 4 is 9.84 Å². The highest BCUT2D eigenvalue weighted by atomic mass is 32.2. The number of aryl methyl sites for hydroxylation is 2. The number of rotatable bonds is 5. The fourth-order valence-electron chi connectivity index (χ4n) is 1.57. The number of aromatic nitrogens is 3. The molecule has 0 aliphatic rings. The first-order chi connectivity index (χ1) is 9.04. The Morgan fingerprint density at radius 3 is 2.63 bits per heavy atom. The summed E-state index contributed by atoms with van der Waals surface area (Å²) in [6.45, 7) is 6.08. The summed E-state index contributed by atoms with van der Waals surface area (Å²) in [6.07, 6.45) is 3.90. The zero-order valence-electron chi connectivity index (χ0n) is 10.7. The van der Waals surface area contributed by atoms with Crippen molar-refractivity contribution in [1.82, 2.24) is 15.0 Å². The molecule has 0 atom stereocenters. The zero-order chi connectivity index (χ0) is 13.9. The lowest BCUT2D eigenvalue weighted by Crippen LogP contribution is -2.02. The molecular formula is C13H15N3O2S. The van der Waals surface area contributed by atoms with Crippen LogP contribution < -0.4 is 0 Å². The molecule has 2 rings (SSSR count). The van der Waals surface area contributed by atoms with Crippen LogP contribution in [-0.2, 0) is 16.4 Å². The monoisotopic (exact) mass is 277 g/mol. The quantitative estimate of drug-likeness (QED) is 0.784. The standard InChI is InChI=1S/C13H15N3O2S/c1-3-4-9-16-10-13(14-15-16)19(17,18)12-7-5-11(2)6-8-12/h3,5-8,10H,1,4,9H2,2H3. The first kappa shape index (κ1) is 13.5. The van der Waals surface area contributed by atoms with Gasteiger partial charge in [0.15, 0.2) is 0 Å². The molecule has 0 saturated heterocycles. The molecule has 1 heterocycles. The predicted molar refractivity (Wildman–Crippen MR) is 71.5 cm³/mol. The number of sulfone groups is 1. The maximum Gasteiger partial charge on any atom is 0.227 e. The minimum atomic E-state index is -3.58. The topological polar surface area (TPSA) is 64.8 Å². The molecule has 0 amide bonds. The van der Waals surface area contributed by atoms with Gasteiger partial charge < -0.3 is 0 Å². The van der Waals surface area contributed by atoms with Crippen molar-refractivity contribution in [1.29, 1.82) is 0 Å². The molecule has 0 unspecified atom stereocenters. The van der Waals surface area contributed by atoms with Gasteiger partial charge in [-0.1, -0.05) is 29.0 Å². The minimum Gasteiger partial charge on any atom is -0.251 e. The molecule has 0 bridgehead atoms. The number of hydrogen-bond donors (Lipinski definition) is 0. The van der Waals surface area contributed by atoms with Crippen LogP contribution in [0.4, 0.5) is 0 Å². The van der Waals surface area contributed by atoms with Crippen molar-refractivity contribution in [2.75, 3.05) is 0 Å². The molecule has 100 valence electrons. The van der Waals surface area contributed by atoms with Gasteiger partial charge in [-0.05, 0) is 25.5 Å². The molecule has 0 saturated carbocycles. The van der Waals surface area contributed by atoms with Crippen LogP contribution in [0.15, 0.2) is 53.0 Å². The average Bonchev–Trinajstić information content (AvgIpc) is 2.86. The highest BCUT2D eigenvalue weighted by molar-refractivity contribution is 7.91. The number of benzene rings is 1. The van der Waals surface area contributed by atoms with Crippen LogP contribution in [0, 0.1) is 6.92 Å². The zero-order valence-corrected chi connectivity index (χ0v) is 11.5. The second-order valence-corrected chi connectivity index (χ2v) is 6.11. The lowest BCUT2D eigenvalue weighted by molar-refractivity contribution is 0.590. The molecule has 1 aromatic heterocycles. The highest BCUT2D eigenvalue weighted by Gasteiger charge is 2.21. The molecule has 0 fully saturated rings. The summed E-state index contributed by atoms with van der Waals surface area (Å²) in [6, 6.07) is 6.67. The van der Waals surface area contributed by atoms with E-state index >= 15 is 0 Å². The van der Waals surface area contributed by atoms with Crippen molar-refractivity contribution in [3.8, 4) is 0 Å². The molecule has 0 N–H and O–H groups in total. The molecule has 0 spiro atoms. The van der Waals surface area contributed by atoms with Gasteiger partial charge >= 0.3 is 0 Å². The Morgan fingerprint density at radius 2 is 2.00 bits per heavy atom. The van der Waals surface area contributed by atoms with E-state index in [4.69, 9.17) is 0 Å². The molecule has 0 aliphatic carbocycles. The Kier molecular flexibility index (Phi) is 3.80. The van der Waals surface area contributed by atoms with Crippen LogP contribution in [0.1, 0.15) is 12.0 Å². The number of hydrogen-bond acceptors (Lipinski definition) is 4. The van der Waals surface area contributed by atoms with Gasteiger partial charge in [0.1, 0.15) is 0 Å². The molecule has 0 aliphatic heterocycles. The van der Waals surface area contributed by atoms with Crippen LogP contribution in [0.2, 0.25) is 0 Å². The number of allylic oxidation sites excluding steroid dienone is 1. The predicted octanol–water partition coefficient (Wildman–Crippen LogP) is 2.00. The molecule has 19 heavy (non-hydrogen) atoms. The second-order valence-electron chi connectivity index (χ2n) is 4.21. The van der Waals surface area contributed by atoms with Gasteiger partial charge in [0.2, 0.25) is 14.9 Å². The Bertz CT molecular complexity index is 672.